The van der Waals surface area contributed by atoms with Crippen molar-refractivity contribution in [1.82, 2.24) is 10.2 Å². The van der Waals surface area contributed by atoms with Gasteiger partial charge >= 0.3 is 6.09 Å². The van der Waals surface area contributed by atoms with Crippen LogP contribution in [-0.4, -0.2) is 68.1 Å². The van der Waals surface area contributed by atoms with Gasteiger partial charge in [0, 0.05) is 13.1 Å². The highest BCUT2D eigenvalue weighted by Crippen LogP contribution is 2.10. The molecule has 1 N–H and O–H groups in total. The molecular formula is C14H26N2O6. The summed E-state index contributed by atoms with van der Waals surface area (Å²) in [6.07, 6.45) is -1.33. The number of rotatable bonds is 5. The SMILES string of the molecule is COO[C@H](C)[C@H](NC(=O)OC(C)(C)C)C(=O)N1CCOCC1. The van der Waals surface area contributed by atoms with E-state index in [0.717, 1.165) is 0 Å². The van der Waals surface area contributed by atoms with Crippen LogP contribution in [0, 0.1) is 0 Å². The van der Waals surface area contributed by atoms with E-state index in [1.807, 2.05) is 0 Å². The van der Waals surface area contributed by atoms with Crippen LogP contribution in [0.4, 0.5) is 4.79 Å². The quantitative estimate of drug-likeness (QED) is 0.593. The summed E-state index contributed by atoms with van der Waals surface area (Å²) in [7, 11) is 1.35. The Balaban J connectivity index is 2.74. The van der Waals surface area contributed by atoms with Gasteiger partial charge in [-0.2, -0.15) is 0 Å². The molecule has 0 spiro atoms. The van der Waals surface area contributed by atoms with E-state index in [1.165, 1.54) is 7.11 Å². The summed E-state index contributed by atoms with van der Waals surface area (Å²) in [6.45, 7) is 8.80. The van der Waals surface area contributed by atoms with Gasteiger partial charge in [-0.1, -0.05) is 0 Å². The zero-order valence-corrected chi connectivity index (χ0v) is 13.9. The van der Waals surface area contributed by atoms with Crippen molar-refractivity contribution >= 4 is 12.0 Å². The third-order valence-corrected chi connectivity index (χ3v) is 2.98. The van der Waals surface area contributed by atoms with E-state index in [1.54, 1.807) is 32.6 Å². The molecule has 8 nitrogen and oxygen atoms in total. The largest absolute Gasteiger partial charge is 0.444 e. The molecular weight excluding hydrogens is 292 g/mol. The second-order valence-electron chi connectivity index (χ2n) is 6.03. The predicted octanol–water partition coefficient (Wildman–Crippen LogP) is 0.705. The lowest BCUT2D eigenvalue weighted by atomic mass is 10.1. The Kier molecular flexibility index (Phi) is 7.05. The maximum atomic E-state index is 12.6. The molecule has 0 aromatic rings. The van der Waals surface area contributed by atoms with Crippen molar-refractivity contribution in [1.29, 1.82) is 0 Å². The van der Waals surface area contributed by atoms with Gasteiger partial charge in [0.15, 0.2) is 0 Å². The van der Waals surface area contributed by atoms with Crippen LogP contribution in [-0.2, 0) is 24.0 Å². The summed E-state index contributed by atoms with van der Waals surface area (Å²) in [5.74, 6) is -0.251. The normalized spacial score (nSPS) is 18.5. The zero-order valence-electron chi connectivity index (χ0n) is 13.9. The van der Waals surface area contributed by atoms with Gasteiger partial charge < -0.3 is 19.7 Å². The van der Waals surface area contributed by atoms with Crippen LogP contribution in [0.2, 0.25) is 0 Å². The van der Waals surface area contributed by atoms with Gasteiger partial charge in [-0.15, -0.1) is 0 Å². The highest BCUT2D eigenvalue weighted by Gasteiger charge is 2.34. The molecule has 0 aliphatic carbocycles. The van der Waals surface area contributed by atoms with Crippen molar-refractivity contribution in [3.05, 3.63) is 0 Å². The first kappa shape index (κ1) is 18.7. The molecule has 0 unspecified atom stereocenters. The molecule has 1 rings (SSSR count). The van der Waals surface area contributed by atoms with Gasteiger partial charge in [-0.25, -0.2) is 14.6 Å². The molecule has 1 saturated heterocycles. The van der Waals surface area contributed by atoms with Gasteiger partial charge in [0.2, 0.25) is 5.91 Å². The van der Waals surface area contributed by atoms with E-state index in [4.69, 9.17) is 14.4 Å². The first-order valence-corrected chi connectivity index (χ1v) is 7.30. The minimum Gasteiger partial charge on any atom is -0.444 e. The van der Waals surface area contributed by atoms with E-state index in [2.05, 4.69) is 10.2 Å². The lowest BCUT2D eigenvalue weighted by Gasteiger charge is -2.32. The summed E-state index contributed by atoms with van der Waals surface area (Å²) < 4.78 is 10.4. The number of hydrogen-bond acceptors (Lipinski definition) is 6. The number of carbonyl (C=O) groups is 2. The van der Waals surface area contributed by atoms with E-state index in [9.17, 15) is 9.59 Å². The molecule has 1 aliphatic rings. The zero-order chi connectivity index (χ0) is 16.8. The molecule has 2 atom stereocenters. The second kappa shape index (κ2) is 8.30. The number of nitrogens with one attached hydrogen (secondary N) is 1. The lowest BCUT2D eigenvalue weighted by molar-refractivity contribution is -0.304. The molecule has 22 heavy (non-hydrogen) atoms. The topological polar surface area (TPSA) is 86.3 Å². The summed E-state index contributed by atoms with van der Waals surface area (Å²) >= 11 is 0. The second-order valence-corrected chi connectivity index (χ2v) is 6.03. The van der Waals surface area contributed by atoms with Crippen LogP contribution in [0.25, 0.3) is 0 Å². The number of morpholine rings is 1. The Hall–Kier alpha value is -1.38. The average molecular weight is 318 g/mol. The fourth-order valence-corrected chi connectivity index (χ4v) is 2.00. The minimum absolute atomic E-state index is 0.251. The number of alkyl carbamates (subject to hydrolysis) is 1. The van der Waals surface area contributed by atoms with E-state index in [-0.39, 0.29) is 5.91 Å². The number of nitrogens with zero attached hydrogens (tertiary/aromatic N) is 1. The Morgan fingerprint density at radius 1 is 1.23 bits per heavy atom. The standard InChI is InChI=1S/C14H26N2O6/c1-10(22-19-5)11(15-13(18)21-14(2,3)4)12(17)16-6-8-20-9-7-16/h10-11H,6-9H2,1-5H3,(H,15,18)/t10-,11+/m1/s1. The van der Waals surface area contributed by atoms with Gasteiger partial charge in [0.05, 0.1) is 20.3 Å². The lowest BCUT2D eigenvalue weighted by Crippen LogP contribution is -2.56. The third kappa shape index (κ3) is 6.17. The fourth-order valence-electron chi connectivity index (χ4n) is 2.00. The van der Waals surface area contributed by atoms with Crippen LogP contribution >= 0.6 is 0 Å². The van der Waals surface area contributed by atoms with Crippen LogP contribution in [0.1, 0.15) is 27.7 Å². The molecule has 0 aromatic carbocycles. The summed E-state index contributed by atoms with van der Waals surface area (Å²) in [5, 5.41) is 2.56. The maximum Gasteiger partial charge on any atom is 0.408 e. The highest BCUT2D eigenvalue weighted by atomic mass is 17.2. The Morgan fingerprint density at radius 2 is 1.82 bits per heavy atom. The Labute approximate surface area is 130 Å². The van der Waals surface area contributed by atoms with Crippen molar-refractivity contribution in [2.45, 2.75) is 45.4 Å². The molecule has 0 radical (unpaired) electrons. The van der Waals surface area contributed by atoms with Crippen LogP contribution in [0.5, 0.6) is 0 Å². The molecule has 2 amide bonds. The van der Waals surface area contributed by atoms with Crippen LogP contribution in [0.15, 0.2) is 0 Å². The van der Waals surface area contributed by atoms with Crippen molar-refractivity contribution in [3.63, 3.8) is 0 Å². The van der Waals surface area contributed by atoms with Gasteiger partial charge in [-0.3, -0.25) is 4.79 Å². The van der Waals surface area contributed by atoms with Crippen LogP contribution in [0.3, 0.4) is 0 Å². The highest BCUT2D eigenvalue weighted by molar-refractivity contribution is 5.86. The van der Waals surface area contributed by atoms with Crippen molar-refractivity contribution < 1.29 is 28.8 Å². The predicted molar refractivity (Wildman–Crippen MR) is 78.1 cm³/mol. The Morgan fingerprint density at radius 3 is 2.32 bits per heavy atom. The molecule has 0 saturated carbocycles. The molecule has 1 fully saturated rings. The monoisotopic (exact) mass is 318 g/mol. The molecule has 0 bridgehead atoms. The first-order chi connectivity index (χ1) is 10.2. The van der Waals surface area contributed by atoms with Crippen molar-refractivity contribution in [3.8, 4) is 0 Å². The van der Waals surface area contributed by atoms with E-state index in [0.29, 0.717) is 26.3 Å². The fraction of sp³-hybridized carbons (Fsp3) is 0.857. The number of amides is 2. The molecule has 8 heteroatoms. The molecule has 1 heterocycles. The third-order valence-electron chi connectivity index (χ3n) is 2.98. The average Bonchev–Trinajstić information content (AvgIpc) is 2.43. The maximum absolute atomic E-state index is 12.6. The summed E-state index contributed by atoms with van der Waals surface area (Å²) in [5.41, 5.74) is -0.651. The van der Waals surface area contributed by atoms with Crippen LogP contribution < -0.4 is 5.32 Å². The molecule has 128 valence electrons. The molecule has 0 aromatic heterocycles. The van der Waals surface area contributed by atoms with Gasteiger partial charge in [-0.05, 0) is 27.7 Å². The summed E-state index contributed by atoms with van der Waals surface area (Å²) in [6, 6.07) is -0.895. The number of ether oxygens (including phenoxy) is 2. The van der Waals surface area contributed by atoms with Gasteiger partial charge in [0.1, 0.15) is 17.7 Å². The molecule has 1 aliphatic heterocycles. The smallest absolute Gasteiger partial charge is 0.408 e. The minimum atomic E-state index is -0.895. The van der Waals surface area contributed by atoms with E-state index >= 15 is 0 Å². The first-order valence-electron chi connectivity index (χ1n) is 7.30. The number of hydrogen-bond donors (Lipinski definition) is 1. The van der Waals surface area contributed by atoms with E-state index < -0.39 is 23.8 Å². The summed E-state index contributed by atoms with van der Waals surface area (Å²) in [4.78, 5) is 35.8. The van der Waals surface area contributed by atoms with Gasteiger partial charge in [0.25, 0.3) is 0 Å². The van der Waals surface area contributed by atoms with Crippen molar-refractivity contribution in [2.75, 3.05) is 33.4 Å². The number of carbonyl (C=O) groups excluding carboxylic acids is 2. The Bertz CT molecular complexity index is 376. The van der Waals surface area contributed by atoms with Crippen molar-refractivity contribution in [2.24, 2.45) is 0 Å².